The van der Waals surface area contributed by atoms with Crippen LogP contribution in [0.1, 0.15) is 12.6 Å². The lowest BCUT2D eigenvalue weighted by atomic mass is 10.1. The van der Waals surface area contributed by atoms with E-state index in [4.69, 9.17) is 15.9 Å². The van der Waals surface area contributed by atoms with E-state index in [1.165, 1.54) is 19.4 Å². The molecule has 12 nitrogen and oxygen atoms in total. The van der Waals surface area contributed by atoms with Gasteiger partial charge in [-0.1, -0.05) is 0 Å². The molecule has 12 heteroatoms. The first kappa shape index (κ1) is 21.1. The van der Waals surface area contributed by atoms with Crippen molar-refractivity contribution in [3.05, 3.63) is 18.2 Å². The largest absolute Gasteiger partial charge is 0.480 e. The summed E-state index contributed by atoms with van der Waals surface area (Å²) in [4.78, 5) is 52.5. The summed E-state index contributed by atoms with van der Waals surface area (Å²) >= 11 is 0. The van der Waals surface area contributed by atoms with Crippen LogP contribution in [0.4, 0.5) is 0 Å². The Labute approximate surface area is 148 Å². The predicted octanol–water partition coefficient (Wildman–Crippen LogP) is -3.54. The number of carboxylic acids is 1. The lowest BCUT2D eigenvalue weighted by Gasteiger charge is -2.15. The molecule has 1 heterocycles. The Hall–Kier alpha value is -2.99. The summed E-state index contributed by atoms with van der Waals surface area (Å²) in [5.74, 6) is -3.34. The number of nitrogens with two attached hydrogens (primary N) is 1. The van der Waals surface area contributed by atoms with Gasteiger partial charge in [0.05, 0.1) is 25.5 Å². The molecule has 0 spiro atoms. The summed E-state index contributed by atoms with van der Waals surface area (Å²) in [5.41, 5.74) is 5.91. The molecule has 0 fully saturated rings. The summed E-state index contributed by atoms with van der Waals surface area (Å²) < 4.78 is 0. The van der Waals surface area contributed by atoms with E-state index >= 15 is 0 Å². The molecule has 1 aromatic heterocycles. The van der Waals surface area contributed by atoms with Gasteiger partial charge in [0, 0.05) is 18.3 Å². The van der Waals surface area contributed by atoms with Crippen molar-refractivity contribution >= 4 is 23.7 Å². The molecule has 3 amide bonds. The van der Waals surface area contributed by atoms with E-state index in [1.54, 1.807) is 0 Å². The average Bonchev–Trinajstić information content (AvgIpc) is 3.09. The SMILES string of the molecule is CC(O)C(N)C(=O)NCC(=O)NCC(=O)NC(Cc1cnc[nH]1)C(=O)O. The molecule has 3 unspecified atom stereocenters. The van der Waals surface area contributed by atoms with Gasteiger partial charge in [0.25, 0.3) is 0 Å². The Morgan fingerprint density at radius 2 is 1.88 bits per heavy atom. The van der Waals surface area contributed by atoms with Crippen molar-refractivity contribution in [1.82, 2.24) is 25.9 Å². The van der Waals surface area contributed by atoms with Crippen molar-refractivity contribution < 1.29 is 29.4 Å². The average molecular weight is 370 g/mol. The van der Waals surface area contributed by atoms with Crippen molar-refractivity contribution in [3.8, 4) is 0 Å². The fraction of sp³-hybridized carbons (Fsp3) is 0.500. The van der Waals surface area contributed by atoms with Gasteiger partial charge in [-0.25, -0.2) is 9.78 Å². The third kappa shape index (κ3) is 7.27. The molecule has 0 bridgehead atoms. The maximum absolute atomic E-state index is 11.8. The Kier molecular flexibility index (Phi) is 8.18. The second-order valence-electron chi connectivity index (χ2n) is 5.50. The second-order valence-corrected chi connectivity index (χ2v) is 5.50. The molecule has 0 aliphatic heterocycles. The fourth-order valence-electron chi connectivity index (χ4n) is 1.81. The molecule has 0 aliphatic carbocycles. The van der Waals surface area contributed by atoms with Crippen LogP contribution in [0.5, 0.6) is 0 Å². The van der Waals surface area contributed by atoms with E-state index in [-0.39, 0.29) is 6.42 Å². The maximum atomic E-state index is 11.8. The van der Waals surface area contributed by atoms with Gasteiger partial charge in [-0.2, -0.15) is 0 Å². The maximum Gasteiger partial charge on any atom is 0.326 e. The van der Waals surface area contributed by atoms with Crippen molar-refractivity contribution in [3.63, 3.8) is 0 Å². The minimum Gasteiger partial charge on any atom is -0.480 e. The highest BCUT2D eigenvalue weighted by Crippen LogP contribution is 1.98. The van der Waals surface area contributed by atoms with Crippen LogP contribution in [0.15, 0.2) is 12.5 Å². The van der Waals surface area contributed by atoms with E-state index in [1.807, 2.05) is 0 Å². The third-order valence-corrected chi connectivity index (χ3v) is 3.30. The molecular formula is C14H22N6O6. The molecular weight excluding hydrogens is 348 g/mol. The summed E-state index contributed by atoms with van der Waals surface area (Å²) in [6.45, 7) is 0.420. The summed E-state index contributed by atoms with van der Waals surface area (Å²) in [5, 5.41) is 25.0. The standard InChI is InChI=1S/C14H22N6O6/c1-7(21)12(15)13(24)18-4-10(22)17-5-11(23)20-9(14(25)26)2-8-3-16-6-19-8/h3,6-7,9,12,21H,2,4-5,15H2,1H3,(H,16,19)(H,17,22)(H,18,24)(H,20,23)(H,25,26). The number of aliphatic hydroxyl groups is 1. The molecule has 0 aromatic carbocycles. The lowest BCUT2D eigenvalue weighted by molar-refractivity contribution is -0.141. The van der Waals surface area contributed by atoms with Gasteiger partial charge in [-0.15, -0.1) is 0 Å². The number of imidazole rings is 1. The zero-order valence-electron chi connectivity index (χ0n) is 14.1. The normalized spacial score (nSPS) is 14.0. The van der Waals surface area contributed by atoms with Crippen LogP contribution in [-0.2, 0) is 25.6 Å². The number of carboxylic acid groups (broad SMARTS) is 1. The molecule has 8 N–H and O–H groups in total. The molecule has 1 rings (SSSR count). The van der Waals surface area contributed by atoms with Crippen LogP contribution in [-0.4, -0.2) is 75.1 Å². The van der Waals surface area contributed by atoms with Crippen LogP contribution >= 0.6 is 0 Å². The first-order valence-electron chi connectivity index (χ1n) is 7.68. The number of hydrogen-bond donors (Lipinski definition) is 7. The Balaban J connectivity index is 2.36. The number of aliphatic hydroxyl groups excluding tert-OH is 1. The van der Waals surface area contributed by atoms with Gasteiger partial charge in [0.1, 0.15) is 12.1 Å². The minimum atomic E-state index is -1.24. The monoisotopic (exact) mass is 370 g/mol. The topological polar surface area (TPSA) is 200 Å². The number of nitrogens with zero attached hydrogens (tertiary/aromatic N) is 1. The number of rotatable bonds is 10. The van der Waals surface area contributed by atoms with E-state index in [0.717, 1.165) is 0 Å². The molecule has 0 radical (unpaired) electrons. The van der Waals surface area contributed by atoms with Crippen LogP contribution < -0.4 is 21.7 Å². The number of aliphatic carboxylic acids is 1. The zero-order valence-corrected chi connectivity index (χ0v) is 14.1. The Morgan fingerprint density at radius 3 is 2.42 bits per heavy atom. The summed E-state index contributed by atoms with van der Waals surface area (Å²) in [7, 11) is 0. The molecule has 26 heavy (non-hydrogen) atoms. The summed E-state index contributed by atoms with van der Waals surface area (Å²) in [6.07, 6.45) is 1.74. The van der Waals surface area contributed by atoms with Gasteiger partial charge >= 0.3 is 5.97 Å². The van der Waals surface area contributed by atoms with Crippen LogP contribution in [0.2, 0.25) is 0 Å². The molecule has 0 saturated carbocycles. The molecule has 144 valence electrons. The van der Waals surface area contributed by atoms with E-state index < -0.39 is 55.0 Å². The molecule has 0 aliphatic rings. The van der Waals surface area contributed by atoms with Crippen molar-refractivity contribution in [2.45, 2.75) is 31.5 Å². The van der Waals surface area contributed by atoms with E-state index in [2.05, 4.69) is 25.9 Å². The Morgan fingerprint density at radius 1 is 1.23 bits per heavy atom. The molecule has 3 atom stereocenters. The van der Waals surface area contributed by atoms with Gasteiger partial charge in [0.2, 0.25) is 17.7 Å². The second kappa shape index (κ2) is 10.1. The number of aromatic amines is 1. The van der Waals surface area contributed by atoms with E-state index in [0.29, 0.717) is 5.69 Å². The predicted molar refractivity (Wildman–Crippen MR) is 87.5 cm³/mol. The van der Waals surface area contributed by atoms with Crippen LogP contribution in [0, 0.1) is 0 Å². The number of H-pyrrole nitrogens is 1. The fourth-order valence-corrected chi connectivity index (χ4v) is 1.81. The van der Waals surface area contributed by atoms with Crippen molar-refractivity contribution in [2.75, 3.05) is 13.1 Å². The highest BCUT2D eigenvalue weighted by molar-refractivity contribution is 5.90. The van der Waals surface area contributed by atoms with Gasteiger partial charge in [0.15, 0.2) is 0 Å². The van der Waals surface area contributed by atoms with Gasteiger partial charge < -0.3 is 36.9 Å². The first-order chi connectivity index (χ1) is 12.2. The number of carbonyl (C=O) groups excluding carboxylic acids is 3. The van der Waals surface area contributed by atoms with Gasteiger partial charge in [-0.3, -0.25) is 14.4 Å². The van der Waals surface area contributed by atoms with Crippen molar-refractivity contribution in [2.24, 2.45) is 5.73 Å². The Bertz CT molecular complexity index is 632. The lowest BCUT2D eigenvalue weighted by Crippen LogP contribution is -2.51. The number of aromatic nitrogens is 2. The first-order valence-corrected chi connectivity index (χ1v) is 7.68. The van der Waals surface area contributed by atoms with E-state index in [9.17, 15) is 19.2 Å². The quantitative estimate of drug-likeness (QED) is 0.219. The number of carbonyl (C=O) groups is 4. The molecule has 1 aromatic rings. The summed E-state index contributed by atoms with van der Waals surface area (Å²) in [6, 6.07) is -2.37. The highest BCUT2D eigenvalue weighted by atomic mass is 16.4. The highest BCUT2D eigenvalue weighted by Gasteiger charge is 2.22. The number of hydrogen-bond acceptors (Lipinski definition) is 7. The van der Waals surface area contributed by atoms with Crippen LogP contribution in [0.25, 0.3) is 0 Å². The minimum absolute atomic E-state index is 0.00229. The zero-order chi connectivity index (χ0) is 19.7. The van der Waals surface area contributed by atoms with Gasteiger partial charge in [-0.05, 0) is 6.92 Å². The van der Waals surface area contributed by atoms with Crippen LogP contribution in [0.3, 0.4) is 0 Å². The third-order valence-electron chi connectivity index (χ3n) is 3.30. The smallest absolute Gasteiger partial charge is 0.326 e. The number of nitrogens with one attached hydrogen (secondary N) is 4. The molecule has 0 saturated heterocycles. The number of amides is 3. The van der Waals surface area contributed by atoms with Crippen molar-refractivity contribution in [1.29, 1.82) is 0 Å².